The van der Waals surface area contributed by atoms with Crippen LogP contribution in [0.1, 0.15) is 30.9 Å². The van der Waals surface area contributed by atoms with Gasteiger partial charge in [-0.3, -0.25) is 4.90 Å². The van der Waals surface area contributed by atoms with Crippen LogP contribution in [-0.2, 0) is 0 Å². The van der Waals surface area contributed by atoms with Crippen LogP contribution >= 0.6 is 11.6 Å². The molecule has 0 amide bonds. The third-order valence-corrected chi connectivity index (χ3v) is 3.97. The van der Waals surface area contributed by atoms with Crippen molar-refractivity contribution in [3.8, 4) is 0 Å². The molecule has 0 saturated heterocycles. The number of halogens is 1. The molecule has 2 N–H and O–H groups in total. The molecule has 1 aliphatic carbocycles. The van der Waals surface area contributed by atoms with Gasteiger partial charge in [-0.15, -0.1) is 0 Å². The lowest BCUT2D eigenvalue weighted by Crippen LogP contribution is -2.42. The van der Waals surface area contributed by atoms with Gasteiger partial charge in [0.1, 0.15) is 0 Å². The van der Waals surface area contributed by atoms with Crippen LogP contribution in [0.25, 0.3) is 0 Å². The van der Waals surface area contributed by atoms with E-state index in [2.05, 4.69) is 18.0 Å². The van der Waals surface area contributed by atoms with Crippen LogP contribution in [-0.4, -0.2) is 24.5 Å². The van der Waals surface area contributed by atoms with Crippen molar-refractivity contribution in [2.45, 2.75) is 31.3 Å². The SMILES string of the molecule is CN(C1CCC1)C(CN)c1ccccc1Cl. The molecule has 2 rings (SSSR count). The van der Waals surface area contributed by atoms with Gasteiger partial charge in [0.2, 0.25) is 0 Å². The van der Waals surface area contributed by atoms with E-state index in [0.717, 1.165) is 10.6 Å². The average molecular weight is 239 g/mol. The van der Waals surface area contributed by atoms with Gasteiger partial charge in [-0.05, 0) is 31.5 Å². The Balaban J connectivity index is 2.18. The lowest BCUT2D eigenvalue weighted by atomic mass is 9.89. The lowest BCUT2D eigenvalue weighted by Gasteiger charge is -2.40. The Bertz CT molecular complexity index is 350. The third kappa shape index (κ3) is 2.24. The first kappa shape index (κ1) is 11.9. The summed E-state index contributed by atoms with van der Waals surface area (Å²) in [6.45, 7) is 0.622. The Hall–Kier alpha value is -0.570. The van der Waals surface area contributed by atoms with Crippen molar-refractivity contribution < 1.29 is 0 Å². The Labute approximate surface area is 102 Å². The number of benzene rings is 1. The molecule has 88 valence electrons. The van der Waals surface area contributed by atoms with Gasteiger partial charge in [0.05, 0.1) is 0 Å². The second-order valence-electron chi connectivity index (χ2n) is 4.52. The predicted octanol–water partition coefficient (Wildman–Crippen LogP) is 2.82. The molecule has 0 heterocycles. The van der Waals surface area contributed by atoms with E-state index in [1.54, 1.807) is 0 Å². The summed E-state index contributed by atoms with van der Waals surface area (Å²) in [5.41, 5.74) is 7.04. The quantitative estimate of drug-likeness (QED) is 0.874. The first-order valence-corrected chi connectivity index (χ1v) is 6.28. The van der Waals surface area contributed by atoms with E-state index >= 15 is 0 Å². The molecule has 1 aromatic rings. The van der Waals surface area contributed by atoms with Crippen LogP contribution in [0.5, 0.6) is 0 Å². The van der Waals surface area contributed by atoms with E-state index < -0.39 is 0 Å². The summed E-state index contributed by atoms with van der Waals surface area (Å²) < 4.78 is 0. The van der Waals surface area contributed by atoms with Gasteiger partial charge < -0.3 is 5.73 Å². The fourth-order valence-electron chi connectivity index (χ4n) is 2.31. The van der Waals surface area contributed by atoms with Crippen molar-refractivity contribution in [2.75, 3.05) is 13.6 Å². The molecule has 1 fully saturated rings. The standard InChI is InChI=1S/C13H19ClN2/c1-16(10-5-4-6-10)13(9-15)11-7-2-3-8-12(11)14/h2-3,7-8,10,13H,4-6,9,15H2,1H3. The highest BCUT2D eigenvalue weighted by Crippen LogP contribution is 2.32. The molecule has 0 bridgehead atoms. The van der Waals surface area contributed by atoms with E-state index in [4.69, 9.17) is 17.3 Å². The van der Waals surface area contributed by atoms with E-state index in [-0.39, 0.29) is 6.04 Å². The maximum Gasteiger partial charge on any atom is 0.0485 e. The molecule has 1 saturated carbocycles. The molecule has 1 aromatic carbocycles. The summed E-state index contributed by atoms with van der Waals surface area (Å²) in [5, 5.41) is 0.823. The lowest BCUT2D eigenvalue weighted by molar-refractivity contribution is 0.113. The molecule has 1 atom stereocenters. The summed E-state index contributed by atoms with van der Waals surface area (Å²) in [7, 11) is 2.16. The first-order chi connectivity index (χ1) is 7.74. The summed E-state index contributed by atoms with van der Waals surface area (Å²) in [5.74, 6) is 0. The van der Waals surface area contributed by atoms with Gasteiger partial charge in [-0.25, -0.2) is 0 Å². The summed E-state index contributed by atoms with van der Waals surface area (Å²) in [6, 6.07) is 8.94. The minimum atomic E-state index is 0.249. The highest BCUT2D eigenvalue weighted by atomic mass is 35.5. The second-order valence-corrected chi connectivity index (χ2v) is 4.93. The van der Waals surface area contributed by atoms with Crippen LogP contribution in [0.15, 0.2) is 24.3 Å². The molecular formula is C13H19ClN2. The van der Waals surface area contributed by atoms with Gasteiger partial charge in [-0.2, -0.15) is 0 Å². The van der Waals surface area contributed by atoms with Crippen molar-refractivity contribution >= 4 is 11.6 Å². The predicted molar refractivity (Wildman–Crippen MR) is 68.6 cm³/mol. The molecule has 1 unspecified atom stereocenters. The maximum atomic E-state index is 6.23. The van der Waals surface area contributed by atoms with Crippen molar-refractivity contribution in [1.82, 2.24) is 4.90 Å². The summed E-state index contributed by atoms with van der Waals surface area (Å²) in [6.07, 6.45) is 3.92. The minimum absolute atomic E-state index is 0.249. The largest absolute Gasteiger partial charge is 0.329 e. The van der Waals surface area contributed by atoms with Crippen molar-refractivity contribution in [1.29, 1.82) is 0 Å². The fourth-order valence-corrected chi connectivity index (χ4v) is 2.57. The molecule has 0 aliphatic heterocycles. The number of rotatable bonds is 4. The van der Waals surface area contributed by atoms with E-state index in [9.17, 15) is 0 Å². The second kappa shape index (κ2) is 5.17. The number of nitrogens with two attached hydrogens (primary N) is 1. The number of hydrogen-bond acceptors (Lipinski definition) is 2. The number of likely N-dealkylation sites (N-methyl/N-ethyl adjacent to an activating group) is 1. The van der Waals surface area contributed by atoms with Gasteiger partial charge >= 0.3 is 0 Å². The molecule has 1 aliphatic rings. The topological polar surface area (TPSA) is 29.3 Å². The van der Waals surface area contributed by atoms with E-state index in [1.807, 2.05) is 18.2 Å². The molecule has 16 heavy (non-hydrogen) atoms. The highest BCUT2D eigenvalue weighted by Gasteiger charge is 2.28. The van der Waals surface area contributed by atoms with Crippen LogP contribution < -0.4 is 5.73 Å². The van der Waals surface area contributed by atoms with Crippen LogP contribution in [0, 0.1) is 0 Å². The fraction of sp³-hybridized carbons (Fsp3) is 0.538. The number of hydrogen-bond donors (Lipinski definition) is 1. The van der Waals surface area contributed by atoms with E-state index in [1.165, 1.54) is 19.3 Å². The Morgan fingerprint density at radius 1 is 1.44 bits per heavy atom. The van der Waals surface area contributed by atoms with Crippen LogP contribution in [0.2, 0.25) is 5.02 Å². The Kier molecular flexibility index (Phi) is 3.85. The van der Waals surface area contributed by atoms with E-state index in [0.29, 0.717) is 12.6 Å². The Morgan fingerprint density at radius 3 is 2.62 bits per heavy atom. The summed E-state index contributed by atoms with van der Waals surface area (Å²) >= 11 is 6.23. The molecule has 2 nitrogen and oxygen atoms in total. The average Bonchev–Trinajstić information content (AvgIpc) is 2.19. The van der Waals surface area contributed by atoms with Crippen molar-refractivity contribution in [3.05, 3.63) is 34.9 Å². The molecule has 0 aromatic heterocycles. The first-order valence-electron chi connectivity index (χ1n) is 5.90. The smallest absolute Gasteiger partial charge is 0.0485 e. The zero-order valence-corrected chi connectivity index (χ0v) is 10.5. The normalized spacial score (nSPS) is 18.5. The molecule has 0 spiro atoms. The van der Waals surface area contributed by atoms with Gasteiger partial charge in [0.15, 0.2) is 0 Å². The highest BCUT2D eigenvalue weighted by molar-refractivity contribution is 6.31. The van der Waals surface area contributed by atoms with Crippen molar-refractivity contribution in [2.24, 2.45) is 5.73 Å². The zero-order valence-electron chi connectivity index (χ0n) is 9.70. The zero-order chi connectivity index (χ0) is 11.5. The minimum Gasteiger partial charge on any atom is -0.329 e. The van der Waals surface area contributed by atoms with Gasteiger partial charge in [0, 0.05) is 23.7 Å². The summed E-state index contributed by atoms with van der Waals surface area (Å²) in [4.78, 5) is 2.38. The molecule has 0 radical (unpaired) electrons. The molecular weight excluding hydrogens is 220 g/mol. The monoisotopic (exact) mass is 238 g/mol. The van der Waals surface area contributed by atoms with Gasteiger partial charge in [0.25, 0.3) is 0 Å². The van der Waals surface area contributed by atoms with Crippen molar-refractivity contribution in [3.63, 3.8) is 0 Å². The molecule has 3 heteroatoms. The maximum absolute atomic E-state index is 6.23. The third-order valence-electron chi connectivity index (χ3n) is 3.63. The van der Waals surface area contributed by atoms with Gasteiger partial charge in [-0.1, -0.05) is 36.2 Å². The number of nitrogens with zero attached hydrogens (tertiary/aromatic N) is 1. The Morgan fingerprint density at radius 2 is 2.12 bits per heavy atom. The van der Waals surface area contributed by atoms with Crippen LogP contribution in [0.3, 0.4) is 0 Å². The van der Waals surface area contributed by atoms with Crippen LogP contribution in [0.4, 0.5) is 0 Å².